The second-order valence-corrected chi connectivity index (χ2v) is 5.08. The van der Waals surface area contributed by atoms with Crippen LogP contribution in [0.15, 0.2) is 0 Å². The number of likely N-dealkylation sites (N-methyl/N-ethyl adjacent to an activating group) is 1. The lowest BCUT2D eigenvalue weighted by atomic mass is 9.92. The summed E-state index contributed by atoms with van der Waals surface area (Å²) in [5, 5.41) is 15.2. The molecule has 96 valence electrons. The highest BCUT2D eigenvalue weighted by atomic mass is 15.3. The minimum absolute atomic E-state index is 0.191. The van der Waals surface area contributed by atoms with Crippen LogP contribution in [0.1, 0.15) is 23.9 Å². The zero-order valence-corrected chi connectivity index (χ0v) is 10.6. The number of hydrogen-bond acceptors (Lipinski definition) is 6. The number of fused-ring (bicyclic) bond motifs is 1. The molecule has 0 radical (unpaired) electrons. The van der Waals surface area contributed by atoms with Gasteiger partial charge in [-0.3, -0.25) is 5.10 Å². The maximum absolute atomic E-state index is 6.07. The van der Waals surface area contributed by atoms with Crippen molar-refractivity contribution in [3.05, 3.63) is 11.5 Å². The summed E-state index contributed by atoms with van der Waals surface area (Å²) in [4.78, 5) is 6.67. The summed E-state index contributed by atoms with van der Waals surface area (Å²) in [5.74, 6) is 0.974. The Labute approximate surface area is 105 Å². The molecule has 2 aromatic rings. The minimum Gasteiger partial charge on any atom is -0.327 e. The maximum atomic E-state index is 6.07. The molecule has 2 atom stereocenters. The third-order valence-electron chi connectivity index (χ3n) is 3.37. The Morgan fingerprint density at radius 3 is 2.94 bits per heavy atom. The molecule has 0 saturated carbocycles. The Morgan fingerprint density at radius 2 is 2.17 bits per heavy atom. The van der Waals surface area contributed by atoms with Gasteiger partial charge in [-0.2, -0.15) is 5.10 Å². The van der Waals surface area contributed by atoms with Crippen LogP contribution in [0.2, 0.25) is 0 Å². The monoisotopic (exact) mass is 247 g/mol. The molecule has 2 aromatic heterocycles. The van der Waals surface area contributed by atoms with E-state index in [2.05, 4.69) is 37.3 Å². The third-order valence-corrected chi connectivity index (χ3v) is 3.37. The first-order valence-corrected chi connectivity index (χ1v) is 6.13. The summed E-state index contributed by atoms with van der Waals surface area (Å²) in [6, 6.07) is 0.191. The SMILES string of the molecule is Cc1nnc2[nH]nc(C3CC(N)CN(C)C3)c2n1. The van der Waals surface area contributed by atoms with Gasteiger partial charge in [0.25, 0.3) is 0 Å². The van der Waals surface area contributed by atoms with Crippen LogP contribution in [0.4, 0.5) is 0 Å². The van der Waals surface area contributed by atoms with Crippen LogP contribution < -0.4 is 5.73 Å². The zero-order chi connectivity index (χ0) is 12.7. The number of H-pyrrole nitrogens is 1. The molecule has 3 heterocycles. The molecular weight excluding hydrogens is 230 g/mol. The Hall–Kier alpha value is -1.60. The van der Waals surface area contributed by atoms with Crippen LogP contribution in [0.25, 0.3) is 11.2 Å². The van der Waals surface area contributed by atoms with Crippen molar-refractivity contribution in [1.29, 1.82) is 0 Å². The number of nitrogens with one attached hydrogen (secondary N) is 1. The predicted molar refractivity (Wildman–Crippen MR) is 67.0 cm³/mol. The van der Waals surface area contributed by atoms with Crippen molar-refractivity contribution < 1.29 is 0 Å². The average molecular weight is 247 g/mol. The zero-order valence-electron chi connectivity index (χ0n) is 10.6. The number of piperidine rings is 1. The first-order chi connectivity index (χ1) is 8.63. The summed E-state index contributed by atoms with van der Waals surface area (Å²) in [7, 11) is 2.08. The molecule has 7 heteroatoms. The quantitative estimate of drug-likeness (QED) is 0.724. The van der Waals surface area contributed by atoms with E-state index >= 15 is 0 Å². The van der Waals surface area contributed by atoms with Gasteiger partial charge in [0, 0.05) is 25.0 Å². The number of aromatic amines is 1. The standard InChI is InChI=1S/C11H17N7/c1-6-13-10-9(15-17-11(10)16-14-6)7-3-8(12)5-18(2)4-7/h7-8H,3-5,12H2,1-2H3,(H,15,16,17). The molecular formula is C11H17N7. The van der Waals surface area contributed by atoms with E-state index in [9.17, 15) is 0 Å². The summed E-state index contributed by atoms with van der Waals surface area (Å²) in [6.45, 7) is 3.73. The van der Waals surface area contributed by atoms with Gasteiger partial charge in [0.15, 0.2) is 5.65 Å². The summed E-state index contributed by atoms with van der Waals surface area (Å²) < 4.78 is 0. The second-order valence-electron chi connectivity index (χ2n) is 5.08. The van der Waals surface area contributed by atoms with Gasteiger partial charge in [0.1, 0.15) is 11.3 Å². The molecule has 7 nitrogen and oxygen atoms in total. The van der Waals surface area contributed by atoms with Crippen LogP contribution in [0.5, 0.6) is 0 Å². The van der Waals surface area contributed by atoms with Crippen molar-refractivity contribution in [2.75, 3.05) is 20.1 Å². The second kappa shape index (κ2) is 4.25. The van der Waals surface area contributed by atoms with Crippen molar-refractivity contribution in [1.82, 2.24) is 30.3 Å². The molecule has 1 fully saturated rings. The Bertz CT molecular complexity index is 554. The van der Waals surface area contributed by atoms with E-state index < -0.39 is 0 Å². The van der Waals surface area contributed by atoms with Crippen LogP contribution in [0.3, 0.4) is 0 Å². The maximum Gasteiger partial charge on any atom is 0.196 e. The fraction of sp³-hybridized carbons (Fsp3) is 0.636. The third kappa shape index (κ3) is 1.95. The molecule has 1 aliphatic heterocycles. The van der Waals surface area contributed by atoms with Crippen LogP contribution in [0, 0.1) is 6.92 Å². The highest BCUT2D eigenvalue weighted by molar-refractivity contribution is 5.72. The molecule has 0 aliphatic carbocycles. The molecule has 1 aliphatic rings. The Kier molecular flexibility index (Phi) is 2.71. The fourth-order valence-electron chi connectivity index (χ4n) is 2.68. The van der Waals surface area contributed by atoms with E-state index in [-0.39, 0.29) is 6.04 Å². The van der Waals surface area contributed by atoms with Gasteiger partial charge in [0.2, 0.25) is 0 Å². The summed E-state index contributed by atoms with van der Waals surface area (Å²) >= 11 is 0. The first-order valence-electron chi connectivity index (χ1n) is 6.13. The van der Waals surface area contributed by atoms with Crippen LogP contribution in [-0.2, 0) is 0 Å². The Morgan fingerprint density at radius 1 is 1.33 bits per heavy atom. The van der Waals surface area contributed by atoms with Gasteiger partial charge in [-0.05, 0) is 20.4 Å². The van der Waals surface area contributed by atoms with E-state index in [1.807, 2.05) is 6.92 Å². The van der Waals surface area contributed by atoms with Crippen molar-refractivity contribution >= 4 is 11.2 Å². The highest BCUT2D eigenvalue weighted by Crippen LogP contribution is 2.27. The number of rotatable bonds is 1. The van der Waals surface area contributed by atoms with Crippen molar-refractivity contribution in [2.45, 2.75) is 25.3 Å². The molecule has 18 heavy (non-hydrogen) atoms. The molecule has 0 amide bonds. The van der Waals surface area contributed by atoms with E-state index in [0.717, 1.165) is 30.7 Å². The summed E-state index contributed by atoms with van der Waals surface area (Å²) in [6.07, 6.45) is 0.938. The molecule has 3 rings (SSSR count). The van der Waals surface area contributed by atoms with Gasteiger partial charge in [-0.15, -0.1) is 10.2 Å². The number of aryl methyl sites for hydroxylation is 1. The Balaban J connectivity index is 2.00. The van der Waals surface area contributed by atoms with Crippen molar-refractivity contribution in [2.24, 2.45) is 5.73 Å². The van der Waals surface area contributed by atoms with Gasteiger partial charge in [0.05, 0.1) is 5.69 Å². The van der Waals surface area contributed by atoms with Crippen molar-refractivity contribution in [3.63, 3.8) is 0 Å². The smallest absolute Gasteiger partial charge is 0.196 e. The number of nitrogens with zero attached hydrogens (tertiary/aromatic N) is 5. The van der Waals surface area contributed by atoms with Crippen LogP contribution >= 0.6 is 0 Å². The molecule has 0 spiro atoms. The number of aromatic nitrogens is 5. The minimum atomic E-state index is 0.191. The van der Waals surface area contributed by atoms with Crippen molar-refractivity contribution in [3.8, 4) is 0 Å². The van der Waals surface area contributed by atoms with E-state index in [1.54, 1.807) is 0 Å². The van der Waals surface area contributed by atoms with Gasteiger partial charge in [-0.1, -0.05) is 0 Å². The number of nitrogens with two attached hydrogens (primary N) is 1. The molecule has 2 unspecified atom stereocenters. The lowest BCUT2D eigenvalue weighted by molar-refractivity contribution is 0.225. The number of likely N-dealkylation sites (tertiary alicyclic amines) is 1. The normalized spacial score (nSPS) is 25.7. The molecule has 1 saturated heterocycles. The predicted octanol–water partition coefficient (Wildman–Crippen LogP) is -0.197. The summed E-state index contributed by atoms with van der Waals surface area (Å²) in [5.41, 5.74) is 8.51. The molecule has 0 aromatic carbocycles. The number of hydrogen-bond donors (Lipinski definition) is 2. The molecule has 0 bridgehead atoms. The fourth-order valence-corrected chi connectivity index (χ4v) is 2.68. The van der Waals surface area contributed by atoms with Gasteiger partial charge >= 0.3 is 0 Å². The van der Waals surface area contributed by atoms with E-state index in [0.29, 0.717) is 17.4 Å². The van der Waals surface area contributed by atoms with Crippen LogP contribution in [-0.4, -0.2) is 56.5 Å². The highest BCUT2D eigenvalue weighted by Gasteiger charge is 2.28. The van der Waals surface area contributed by atoms with E-state index in [4.69, 9.17) is 5.73 Å². The average Bonchev–Trinajstić information content (AvgIpc) is 2.70. The molecule has 3 N–H and O–H groups in total. The first kappa shape index (κ1) is 11.5. The van der Waals surface area contributed by atoms with Gasteiger partial charge < -0.3 is 10.6 Å². The lowest BCUT2D eigenvalue weighted by Gasteiger charge is -2.32. The van der Waals surface area contributed by atoms with Gasteiger partial charge in [-0.25, -0.2) is 4.98 Å². The van der Waals surface area contributed by atoms with E-state index in [1.165, 1.54) is 0 Å². The largest absolute Gasteiger partial charge is 0.327 e. The topological polar surface area (TPSA) is 96.6 Å². The lowest BCUT2D eigenvalue weighted by Crippen LogP contribution is -2.44.